The van der Waals surface area contributed by atoms with Crippen LogP contribution >= 0.6 is 12.4 Å². The fourth-order valence-corrected chi connectivity index (χ4v) is 2.21. The highest BCUT2D eigenvalue weighted by Crippen LogP contribution is 2.07. The maximum atomic E-state index is 12.1. The van der Waals surface area contributed by atoms with Crippen LogP contribution in [0.15, 0.2) is 4.99 Å². The van der Waals surface area contributed by atoms with E-state index >= 15 is 0 Å². The van der Waals surface area contributed by atoms with Crippen LogP contribution in [-0.2, 0) is 19.1 Å². The highest BCUT2D eigenvalue weighted by molar-refractivity contribution is 5.85. The van der Waals surface area contributed by atoms with E-state index in [1.165, 1.54) is 6.92 Å². The average Bonchev–Trinajstić information content (AvgIpc) is 2.38. The second-order valence-electron chi connectivity index (χ2n) is 6.82. The van der Waals surface area contributed by atoms with E-state index in [0.717, 1.165) is 0 Å². The minimum Gasteiger partial charge on any atom is -1.00 e. The van der Waals surface area contributed by atoms with Gasteiger partial charge >= 0.3 is 11.9 Å². The van der Waals surface area contributed by atoms with Gasteiger partial charge in [0, 0.05) is 13.5 Å². The maximum Gasteiger partial charge on any atom is 0.326 e. The van der Waals surface area contributed by atoms with Gasteiger partial charge in [-0.1, -0.05) is 0 Å². The largest absolute Gasteiger partial charge is 1.00 e. The van der Waals surface area contributed by atoms with Crippen molar-refractivity contribution in [3.8, 4) is 0 Å². The summed E-state index contributed by atoms with van der Waals surface area (Å²) in [5, 5.41) is 11.7. The van der Waals surface area contributed by atoms with E-state index < -0.39 is 30.0 Å². The van der Waals surface area contributed by atoms with Crippen LogP contribution < -0.4 is 29.2 Å². The molecular weight excluding hydrogens is 401 g/mol. The number of quaternary nitrogens is 1. The van der Waals surface area contributed by atoms with Crippen LogP contribution in [0.2, 0.25) is 0 Å². The maximum absolute atomic E-state index is 12.1. The molecule has 27 heavy (non-hydrogen) atoms. The summed E-state index contributed by atoms with van der Waals surface area (Å²) in [5.74, 6) is -2.19. The number of carboxylic acids is 1. The molecule has 1 amide bonds. The van der Waals surface area contributed by atoms with Crippen LogP contribution in [0.25, 0.3) is 0 Å². The van der Waals surface area contributed by atoms with Crippen LogP contribution in [0.4, 0.5) is 0 Å². The first kappa shape index (κ1) is 30.0. The monoisotopic (exact) mass is 431 g/mol. The highest BCUT2D eigenvalue weighted by atomic mass is 35.5. The third-order valence-corrected chi connectivity index (χ3v) is 3.08. The fourth-order valence-electron chi connectivity index (χ4n) is 2.21. The molecule has 0 aromatic heterocycles. The SMILES string of the molecule is CC(=O)O[C@H](CC(=O)N[C@@H](CCCN=C(N)N)C(=O)O)C[N+](C)(C)C.Cl.[Cl-]. The molecule has 0 radical (unpaired) electrons. The van der Waals surface area contributed by atoms with E-state index in [2.05, 4.69) is 10.3 Å². The molecule has 0 fully saturated rings. The van der Waals surface area contributed by atoms with Crippen molar-refractivity contribution in [3.05, 3.63) is 0 Å². The normalized spacial score (nSPS) is 12.4. The first-order valence-corrected chi connectivity index (χ1v) is 7.96. The van der Waals surface area contributed by atoms with Gasteiger partial charge in [-0.2, -0.15) is 0 Å². The van der Waals surface area contributed by atoms with Crippen molar-refractivity contribution < 1.29 is 41.1 Å². The van der Waals surface area contributed by atoms with Crippen molar-refractivity contribution in [2.45, 2.75) is 38.3 Å². The molecule has 6 N–H and O–H groups in total. The molecule has 0 rings (SSSR count). The first-order chi connectivity index (χ1) is 11.4. The number of rotatable bonds is 11. The number of ether oxygens (including phenoxy) is 1. The third kappa shape index (κ3) is 17.4. The molecule has 0 aromatic carbocycles. The Kier molecular flexibility index (Phi) is 15.9. The second kappa shape index (κ2) is 14.3. The number of nitrogens with zero attached hydrogens (tertiary/aromatic N) is 2. The van der Waals surface area contributed by atoms with Crippen molar-refractivity contribution in [2.24, 2.45) is 16.5 Å². The zero-order valence-corrected chi connectivity index (χ0v) is 17.7. The summed E-state index contributed by atoms with van der Waals surface area (Å²) in [4.78, 5) is 38.4. The van der Waals surface area contributed by atoms with Gasteiger partial charge in [0.25, 0.3) is 0 Å². The summed E-state index contributed by atoms with van der Waals surface area (Å²) >= 11 is 0. The molecule has 0 spiro atoms. The van der Waals surface area contributed by atoms with Crippen molar-refractivity contribution in [3.63, 3.8) is 0 Å². The Morgan fingerprint density at radius 2 is 1.78 bits per heavy atom. The van der Waals surface area contributed by atoms with E-state index in [1.807, 2.05) is 21.1 Å². The summed E-state index contributed by atoms with van der Waals surface area (Å²) in [6.07, 6.45) is -0.145. The number of nitrogens with one attached hydrogen (secondary N) is 1. The zero-order chi connectivity index (χ0) is 19.6. The lowest BCUT2D eigenvalue weighted by atomic mass is 10.1. The van der Waals surface area contributed by atoms with Gasteiger partial charge in [0.1, 0.15) is 12.6 Å². The van der Waals surface area contributed by atoms with Crippen LogP contribution in [0.5, 0.6) is 0 Å². The zero-order valence-electron chi connectivity index (χ0n) is 16.1. The van der Waals surface area contributed by atoms with Crippen molar-refractivity contribution >= 4 is 36.2 Å². The Hall–Kier alpha value is -1.78. The van der Waals surface area contributed by atoms with Crippen LogP contribution in [0.1, 0.15) is 26.2 Å². The van der Waals surface area contributed by atoms with Crippen molar-refractivity contribution in [1.29, 1.82) is 0 Å². The number of hydrogen-bond acceptors (Lipinski definition) is 5. The Balaban J connectivity index is -0.00000288. The third-order valence-electron chi connectivity index (χ3n) is 3.08. The van der Waals surface area contributed by atoms with Crippen molar-refractivity contribution in [1.82, 2.24) is 5.32 Å². The van der Waals surface area contributed by atoms with Crippen molar-refractivity contribution in [2.75, 3.05) is 34.2 Å². The van der Waals surface area contributed by atoms with Gasteiger partial charge in [-0.05, 0) is 12.8 Å². The number of carbonyl (C=O) groups is 3. The molecular formula is C15H31Cl2N5O5. The van der Waals surface area contributed by atoms with Gasteiger partial charge in [0.05, 0.1) is 27.6 Å². The van der Waals surface area contributed by atoms with Gasteiger partial charge in [-0.15, -0.1) is 12.4 Å². The minimum absolute atomic E-state index is 0. The molecule has 0 aromatic rings. The Labute approximate surface area is 172 Å². The summed E-state index contributed by atoms with van der Waals surface area (Å²) in [6.45, 7) is 1.97. The van der Waals surface area contributed by atoms with Gasteiger partial charge in [0.15, 0.2) is 12.1 Å². The number of esters is 1. The predicted octanol–water partition coefficient (Wildman–Crippen LogP) is -3.94. The van der Waals surface area contributed by atoms with Crippen LogP contribution in [-0.4, -0.2) is 79.8 Å². The van der Waals surface area contributed by atoms with E-state index in [1.54, 1.807) is 0 Å². The number of carbonyl (C=O) groups excluding carboxylic acids is 2. The first-order valence-electron chi connectivity index (χ1n) is 7.96. The highest BCUT2D eigenvalue weighted by Gasteiger charge is 2.26. The molecule has 12 heteroatoms. The molecule has 0 saturated heterocycles. The smallest absolute Gasteiger partial charge is 0.326 e. The number of amides is 1. The number of aliphatic carboxylic acids is 1. The number of nitrogens with two attached hydrogens (primary N) is 2. The van der Waals surface area contributed by atoms with Gasteiger partial charge in [-0.3, -0.25) is 14.6 Å². The van der Waals surface area contributed by atoms with Crippen LogP contribution in [0, 0.1) is 0 Å². The lowest BCUT2D eigenvalue weighted by Gasteiger charge is -2.28. The molecule has 0 heterocycles. The van der Waals surface area contributed by atoms with E-state index in [-0.39, 0.29) is 50.2 Å². The molecule has 0 aliphatic heterocycles. The van der Waals surface area contributed by atoms with E-state index in [0.29, 0.717) is 17.4 Å². The standard InChI is InChI=1S/C15H29N5O5.2ClH/c1-10(21)25-11(9-20(2,3)4)8-13(22)19-12(14(23)24)6-5-7-18-15(16)17;;/h11-12H,5-9H2,1-4H3,(H5-,16,17,18,19,22,23,24);2*1H/t11-,12+;;/m1../s1. The van der Waals surface area contributed by atoms with E-state index in [4.69, 9.17) is 16.2 Å². The van der Waals surface area contributed by atoms with Crippen LogP contribution in [0.3, 0.4) is 0 Å². The molecule has 0 aliphatic rings. The summed E-state index contributed by atoms with van der Waals surface area (Å²) < 4.78 is 5.65. The predicted molar refractivity (Wildman–Crippen MR) is 99.8 cm³/mol. The molecule has 0 unspecified atom stereocenters. The van der Waals surface area contributed by atoms with E-state index in [9.17, 15) is 19.5 Å². The second-order valence-corrected chi connectivity index (χ2v) is 6.82. The number of guanidine groups is 1. The lowest BCUT2D eigenvalue weighted by molar-refractivity contribution is -0.873. The molecule has 10 nitrogen and oxygen atoms in total. The summed E-state index contributed by atoms with van der Waals surface area (Å²) in [5.41, 5.74) is 10.4. The van der Waals surface area contributed by atoms with Gasteiger partial charge < -0.3 is 43.5 Å². The molecule has 0 aliphatic carbocycles. The topological polar surface area (TPSA) is 157 Å². The molecule has 0 saturated carbocycles. The number of likely N-dealkylation sites (N-methyl/N-ethyl adjacent to an activating group) is 1. The number of halogens is 2. The fraction of sp³-hybridized carbons (Fsp3) is 0.733. The summed E-state index contributed by atoms with van der Waals surface area (Å²) in [6, 6.07) is -1.05. The Morgan fingerprint density at radius 3 is 2.19 bits per heavy atom. The molecule has 0 bridgehead atoms. The Morgan fingerprint density at radius 1 is 1.22 bits per heavy atom. The number of hydrogen-bond donors (Lipinski definition) is 4. The summed E-state index contributed by atoms with van der Waals surface area (Å²) in [7, 11) is 5.70. The van der Waals surface area contributed by atoms with Gasteiger partial charge in [0.2, 0.25) is 5.91 Å². The molecule has 160 valence electrons. The quantitative estimate of drug-likeness (QED) is 0.0854. The Bertz CT molecular complexity index is 507. The number of aliphatic imine (C=N–C) groups is 1. The van der Waals surface area contributed by atoms with Gasteiger partial charge in [-0.25, -0.2) is 4.79 Å². The molecule has 2 atom stereocenters. The lowest BCUT2D eigenvalue weighted by Crippen LogP contribution is -3.00. The number of carboxylic acid groups (broad SMARTS) is 1. The average molecular weight is 432 g/mol. The minimum atomic E-state index is -1.14.